The van der Waals surface area contributed by atoms with Crippen LogP contribution in [0.1, 0.15) is 23.1 Å². The van der Waals surface area contributed by atoms with Gasteiger partial charge in [0.25, 0.3) is 0 Å². The molecule has 0 radical (unpaired) electrons. The second-order valence-corrected chi connectivity index (χ2v) is 3.42. The lowest BCUT2D eigenvalue weighted by Crippen LogP contribution is -1.96. The zero-order valence-corrected chi connectivity index (χ0v) is 9.05. The number of hydrogen-bond donors (Lipinski definition) is 0. The molecule has 1 aromatic carbocycles. The molecular formula is C13H12N2O. The Hall–Kier alpha value is -2.03. The van der Waals surface area contributed by atoms with Crippen molar-refractivity contribution < 1.29 is 4.79 Å². The Morgan fingerprint density at radius 3 is 2.81 bits per heavy atom. The molecule has 3 nitrogen and oxygen atoms in total. The van der Waals surface area contributed by atoms with Gasteiger partial charge in [-0.3, -0.25) is 4.79 Å². The van der Waals surface area contributed by atoms with E-state index in [2.05, 4.69) is 9.97 Å². The number of carbonyl (C=O) groups is 1. The van der Waals surface area contributed by atoms with Crippen LogP contribution >= 0.6 is 0 Å². The van der Waals surface area contributed by atoms with Gasteiger partial charge < -0.3 is 0 Å². The smallest absolute Gasteiger partial charge is 0.150 e. The first-order chi connectivity index (χ1) is 7.85. The lowest BCUT2D eigenvalue weighted by atomic mass is 10.1. The molecule has 2 rings (SSSR count). The molecule has 1 heterocycles. The van der Waals surface area contributed by atoms with Crippen LogP contribution in [0.3, 0.4) is 0 Å². The van der Waals surface area contributed by atoms with Crippen LogP contribution in [0, 0.1) is 0 Å². The fraction of sp³-hybridized carbons (Fsp3) is 0.154. The molecule has 0 aliphatic rings. The van der Waals surface area contributed by atoms with Gasteiger partial charge >= 0.3 is 0 Å². The summed E-state index contributed by atoms with van der Waals surface area (Å²) in [6.45, 7) is 2.00. The number of aromatic nitrogens is 2. The fourth-order valence-electron chi connectivity index (χ4n) is 1.55. The summed E-state index contributed by atoms with van der Waals surface area (Å²) < 4.78 is 0. The normalized spacial score (nSPS) is 10.1. The Bertz CT molecular complexity index is 509. The summed E-state index contributed by atoms with van der Waals surface area (Å²) in [6, 6.07) is 9.24. The van der Waals surface area contributed by atoms with Crippen molar-refractivity contribution in [3.05, 3.63) is 47.9 Å². The van der Waals surface area contributed by atoms with Crippen LogP contribution in [0.15, 0.2) is 36.5 Å². The van der Waals surface area contributed by atoms with E-state index in [1.807, 2.05) is 31.2 Å². The van der Waals surface area contributed by atoms with E-state index >= 15 is 0 Å². The molecular weight excluding hydrogens is 200 g/mol. The summed E-state index contributed by atoms with van der Waals surface area (Å²) in [7, 11) is 0. The maximum Gasteiger partial charge on any atom is 0.150 e. The lowest BCUT2D eigenvalue weighted by molar-refractivity contribution is 0.112. The molecule has 0 spiro atoms. The number of carbonyl (C=O) groups excluding carboxylic acids is 1. The van der Waals surface area contributed by atoms with Crippen molar-refractivity contribution >= 4 is 6.29 Å². The third kappa shape index (κ3) is 1.98. The number of benzene rings is 1. The van der Waals surface area contributed by atoms with E-state index in [0.29, 0.717) is 5.56 Å². The summed E-state index contributed by atoms with van der Waals surface area (Å²) in [5.41, 5.74) is 2.31. The van der Waals surface area contributed by atoms with Crippen molar-refractivity contribution in [1.82, 2.24) is 9.97 Å². The Morgan fingerprint density at radius 2 is 2.06 bits per heavy atom. The molecule has 0 aliphatic heterocycles. The first kappa shape index (κ1) is 10.5. The van der Waals surface area contributed by atoms with E-state index < -0.39 is 0 Å². The summed E-state index contributed by atoms with van der Waals surface area (Å²) in [5, 5.41) is 0. The van der Waals surface area contributed by atoms with Crippen molar-refractivity contribution in [1.29, 1.82) is 0 Å². The van der Waals surface area contributed by atoms with Crippen LogP contribution in [-0.4, -0.2) is 16.3 Å². The number of rotatable bonds is 3. The van der Waals surface area contributed by atoms with Gasteiger partial charge in [-0.15, -0.1) is 0 Å². The molecule has 0 amide bonds. The predicted molar refractivity (Wildman–Crippen MR) is 62.2 cm³/mol. The first-order valence-electron chi connectivity index (χ1n) is 5.21. The summed E-state index contributed by atoms with van der Waals surface area (Å²) in [4.78, 5) is 19.5. The molecule has 0 bridgehead atoms. The summed E-state index contributed by atoms with van der Waals surface area (Å²) in [5.74, 6) is 0.790. The van der Waals surface area contributed by atoms with Crippen LogP contribution in [0.25, 0.3) is 11.3 Å². The van der Waals surface area contributed by atoms with E-state index in [0.717, 1.165) is 29.8 Å². The van der Waals surface area contributed by atoms with Gasteiger partial charge in [0.1, 0.15) is 5.82 Å². The largest absolute Gasteiger partial charge is 0.298 e. The van der Waals surface area contributed by atoms with Crippen molar-refractivity contribution in [3.63, 3.8) is 0 Å². The predicted octanol–water partition coefficient (Wildman–Crippen LogP) is 2.52. The highest BCUT2D eigenvalue weighted by molar-refractivity contribution is 5.86. The van der Waals surface area contributed by atoms with E-state index in [1.54, 1.807) is 12.3 Å². The minimum absolute atomic E-state index is 0.656. The van der Waals surface area contributed by atoms with Gasteiger partial charge in [-0.2, -0.15) is 0 Å². The number of aryl methyl sites for hydroxylation is 1. The van der Waals surface area contributed by atoms with Gasteiger partial charge in [-0.1, -0.05) is 31.2 Å². The van der Waals surface area contributed by atoms with Crippen molar-refractivity contribution in [2.24, 2.45) is 0 Å². The zero-order chi connectivity index (χ0) is 11.4. The van der Waals surface area contributed by atoms with E-state index in [1.165, 1.54) is 0 Å². The van der Waals surface area contributed by atoms with Crippen LogP contribution in [0.4, 0.5) is 0 Å². The highest BCUT2D eigenvalue weighted by Gasteiger charge is 2.05. The second-order valence-electron chi connectivity index (χ2n) is 3.42. The summed E-state index contributed by atoms with van der Waals surface area (Å²) in [6.07, 6.45) is 3.36. The summed E-state index contributed by atoms with van der Waals surface area (Å²) >= 11 is 0. The Kier molecular flexibility index (Phi) is 3.05. The Labute approximate surface area is 94.2 Å². The molecule has 0 fully saturated rings. The molecule has 0 atom stereocenters. The van der Waals surface area contributed by atoms with Crippen molar-refractivity contribution in [2.75, 3.05) is 0 Å². The van der Waals surface area contributed by atoms with Gasteiger partial charge in [0.15, 0.2) is 6.29 Å². The van der Waals surface area contributed by atoms with Crippen LogP contribution < -0.4 is 0 Å². The quantitative estimate of drug-likeness (QED) is 0.734. The fourth-order valence-corrected chi connectivity index (χ4v) is 1.55. The number of nitrogens with zero attached hydrogens (tertiary/aromatic N) is 2. The molecule has 80 valence electrons. The average Bonchev–Trinajstić information content (AvgIpc) is 2.38. The highest BCUT2D eigenvalue weighted by atomic mass is 16.1. The van der Waals surface area contributed by atoms with Crippen LogP contribution in [0.5, 0.6) is 0 Å². The van der Waals surface area contributed by atoms with Crippen LogP contribution in [0.2, 0.25) is 0 Å². The standard InChI is InChI=1S/C13H12N2O/c1-2-13-14-8-7-12(15-13)11-6-4-3-5-10(11)9-16/h3-9H,2H2,1H3. The number of hydrogen-bond acceptors (Lipinski definition) is 3. The molecule has 3 heteroatoms. The SMILES string of the molecule is CCc1nccc(-c2ccccc2C=O)n1. The zero-order valence-electron chi connectivity index (χ0n) is 9.05. The van der Waals surface area contributed by atoms with Gasteiger partial charge in [0.05, 0.1) is 5.69 Å². The highest BCUT2D eigenvalue weighted by Crippen LogP contribution is 2.19. The van der Waals surface area contributed by atoms with E-state index in [4.69, 9.17) is 0 Å². The van der Waals surface area contributed by atoms with E-state index in [9.17, 15) is 4.79 Å². The molecule has 0 aliphatic carbocycles. The van der Waals surface area contributed by atoms with Gasteiger partial charge in [0, 0.05) is 23.7 Å². The van der Waals surface area contributed by atoms with Gasteiger partial charge in [-0.25, -0.2) is 9.97 Å². The second kappa shape index (κ2) is 4.66. The Balaban J connectivity index is 2.53. The molecule has 2 aromatic rings. The van der Waals surface area contributed by atoms with Crippen molar-refractivity contribution in [2.45, 2.75) is 13.3 Å². The molecule has 0 N–H and O–H groups in total. The monoisotopic (exact) mass is 212 g/mol. The van der Waals surface area contributed by atoms with Gasteiger partial charge in [0.2, 0.25) is 0 Å². The topological polar surface area (TPSA) is 42.9 Å². The minimum atomic E-state index is 0.656. The van der Waals surface area contributed by atoms with Crippen LogP contribution in [-0.2, 0) is 6.42 Å². The average molecular weight is 212 g/mol. The van der Waals surface area contributed by atoms with Crippen molar-refractivity contribution in [3.8, 4) is 11.3 Å². The maximum atomic E-state index is 10.9. The molecule has 1 aromatic heterocycles. The minimum Gasteiger partial charge on any atom is -0.298 e. The third-order valence-corrected chi connectivity index (χ3v) is 2.39. The van der Waals surface area contributed by atoms with E-state index in [-0.39, 0.29) is 0 Å². The molecule has 0 unspecified atom stereocenters. The van der Waals surface area contributed by atoms with Gasteiger partial charge in [-0.05, 0) is 6.07 Å². The molecule has 0 saturated carbocycles. The first-order valence-corrected chi connectivity index (χ1v) is 5.21. The lowest BCUT2D eigenvalue weighted by Gasteiger charge is -2.04. The number of aldehydes is 1. The molecule has 16 heavy (non-hydrogen) atoms. The Morgan fingerprint density at radius 1 is 1.25 bits per heavy atom. The molecule has 0 saturated heterocycles. The third-order valence-electron chi connectivity index (χ3n) is 2.39. The maximum absolute atomic E-state index is 10.9.